The van der Waals surface area contributed by atoms with Gasteiger partial charge >= 0.3 is 0 Å². The predicted molar refractivity (Wildman–Crippen MR) is 75.4 cm³/mol. The zero-order chi connectivity index (χ0) is 13.9. The van der Waals surface area contributed by atoms with Gasteiger partial charge in [0, 0.05) is 13.0 Å². The van der Waals surface area contributed by atoms with Gasteiger partial charge in [-0.05, 0) is 12.0 Å². The van der Waals surface area contributed by atoms with Crippen molar-refractivity contribution in [3.8, 4) is 0 Å². The average Bonchev–Trinajstić information content (AvgIpc) is 2.81. The van der Waals surface area contributed by atoms with Crippen molar-refractivity contribution in [2.75, 3.05) is 0 Å². The molecule has 19 heavy (non-hydrogen) atoms. The van der Waals surface area contributed by atoms with E-state index in [9.17, 15) is 9.90 Å². The zero-order valence-electron chi connectivity index (χ0n) is 11.0. The van der Waals surface area contributed by atoms with Gasteiger partial charge in [0.1, 0.15) is 5.60 Å². The van der Waals surface area contributed by atoms with Crippen LogP contribution in [0, 0.1) is 0 Å². The smallest absolute Gasteiger partial charge is 0.223 e. The summed E-state index contributed by atoms with van der Waals surface area (Å²) in [7, 11) is 0. The lowest BCUT2D eigenvalue weighted by molar-refractivity contribution is -0.131. The number of hydrogen-bond acceptors (Lipinski definition) is 2. The summed E-state index contributed by atoms with van der Waals surface area (Å²) >= 11 is 0. The Labute approximate surface area is 113 Å². The highest BCUT2D eigenvalue weighted by molar-refractivity contribution is 5.79. The molecular formula is C16H19NO2. The Kier molecular flexibility index (Phi) is 3.86. The molecule has 1 saturated heterocycles. The minimum atomic E-state index is -1.22. The molecule has 1 aromatic rings. The van der Waals surface area contributed by atoms with E-state index in [-0.39, 0.29) is 11.9 Å². The third-order valence-corrected chi connectivity index (χ3v) is 3.71. The van der Waals surface area contributed by atoms with Crippen LogP contribution in [0.2, 0.25) is 0 Å². The van der Waals surface area contributed by atoms with Crippen LogP contribution in [0.4, 0.5) is 0 Å². The van der Waals surface area contributed by atoms with Gasteiger partial charge in [-0.1, -0.05) is 55.6 Å². The van der Waals surface area contributed by atoms with E-state index < -0.39 is 5.60 Å². The first kappa shape index (κ1) is 13.6. The fourth-order valence-electron chi connectivity index (χ4n) is 2.55. The van der Waals surface area contributed by atoms with E-state index in [2.05, 4.69) is 13.2 Å². The number of aliphatic hydroxyl groups is 1. The summed E-state index contributed by atoms with van der Waals surface area (Å²) in [5.41, 5.74) is -0.167. The Hall–Kier alpha value is -1.87. The van der Waals surface area contributed by atoms with Crippen molar-refractivity contribution in [1.82, 2.24) is 4.90 Å². The number of benzene rings is 1. The van der Waals surface area contributed by atoms with E-state index in [4.69, 9.17) is 0 Å². The van der Waals surface area contributed by atoms with Gasteiger partial charge in [-0.2, -0.15) is 0 Å². The SMILES string of the molecule is C=CC(O)(C=C)[C@@H]1CCC(=O)N1Cc1ccccc1. The number of likely N-dealkylation sites (tertiary alicyclic amines) is 1. The molecule has 0 aromatic heterocycles. The normalized spacial score (nSPS) is 19.5. The molecule has 0 bridgehead atoms. The lowest BCUT2D eigenvalue weighted by Crippen LogP contribution is -2.47. The maximum atomic E-state index is 12.0. The van der Waals surface area contributed by atoms with Crippen LogP contribution in [0.5, 0.6) is 0 Å². The first-order valence-corrected chi connectivity index (χ1v) is 6.43. The topological polar surface area (TPSA) is 40.5 Å². The fraction of sp³-hybridized carbons (Fsp3) is 0.312. The van der Waals surface area contributed by atoms with Crippen LogP contribution in [0.1, 0.15) is 18.4 Å². The van der Waals surface area contributed by atoms with Crippen molar-refractivity contribution < 1.29 is 9.90 Å². The molecule has 0 aliphatic carbocycles. The molecule has 1 heterocycles. The second kappa shape index (κ2) is 5.41. The molecule has 0 spiro atoms. The maximum Gasteiger partial charge on any atom is 0.223 e. The number of carbonyl (C=O) groups is 1. The van der Waals surface area contributed by atoms with E-state index in [0.29, 0.717) is 19.4 Å². The predicted octanol–water partition coefficient (Wildman–Crippen LogP) is 2.28. The maximum absolute atomic E-state index is 12.0. The molecule has 1 atom stereocenters. The van der Waals surface area contributed by atoms with E-state index in [1.807, 2.05) is 30.3 Å². The summed E-state index contributed by atoms with van der Waals surface area (Å²) in [5.74, 6) is 0.0657. The van der Waals surface area contributed by atoms with Gasteiger partial charge in [-0.15, -0.1) is 0 Å². The van der Waals surface area contributed by atoms with Gasteiger partial charge in [-0.3, -0.25) is 4.79 Å². The second-order valence-corrected chi connectivity index (χ2v) is 4.86. The second-order valence-electron chi connectivity index (χ2n) is 4.86. The van der Waals surface area contributed by atoms with E-state index in [0.717, 1.165) is 5.56 Å². The zero-order valence-corrected chi connectivity index (χ0v) is 11.0. The Bertz CT molecular complexity index is 473. The summed E-state index contributed by atoms with van der Waals surface area (Å²) in [4.78, 5) is 13.7. The van der Waals surface area contributed by atoms with Gasteiger partial charge in [0.05, 0.1) is 6.04 Å². The molecule has 1 amide bonds. The Morgan fingerprint density at radius 3 is 2.53 bits per heavy atom. The van der Waals surface area contributed by atoms with Crippen molar-refractivity contribution in [1.29, 1.82) is 0 Å². The van der Waals surface area contributed by atoms with Crippen LogP contribution in [0.15, 0.2) is 55.6 Å². The summed E-state index contributed by atoms with van der Waals surface area (Å²) in [6.07, 6.45) is 4.00. The largest absolute Gasteiger partial charge is 0.380 e. The molecule has 0 unspecified atom stereocenters. The van der Waals surface area contributed by atoms with Gasteiger partial charge in [0.15, 0.2) is 0 Å². The number of nitrogens with zero attached hydrogens (tertiary/aromatic N) is 1. The average molecular weight is 257 g/mol. The third-order valence-electron chi connectivity index (χ3n) is 3.71. The monoisotopic (exact) mass is 257 g/mol. The molecule has 1 N–H and O–H groups in total. The molecule has 3 nitrogen and oxygen atoms in total. The molecule has 100 valence electrons. The summed E-state index contributed by atoms with van der Waals surface area (Å²) in [6, 6.07) is 9.50. The highest BCUT2D eigenvalue weighted by Crippen LogP contribution is 2.31. The molecular weight excluding hydrogens is 238 g/mol. The van der Waals surface area contributed by atoms with Gasteiger partial charge in [0.2, 0.25) is 5.91 Å². The summed E-state index contributed by atoms with van der Waals surface area (Å²) < 4.78 is 0. The van der Waals surface area contributed by atoms with Crippen molar-refractivity contribution in [2.24, 2.45) is 0 Å². The molecule has 3 heteroatoms. The fourth-order valence-corrected chi connectivity index (χ4v) is 2.55. The number of rotatable bonds is 5. The highest BCUT2D eigenvalue weighted by Gasteiger charge is 2.42. The van der Waals surface area contributed by atoms with E-state index >= 15 is 0 Å². The van der Waals surface area contributed by atoms with Crippen LogP contribution >= 0.6 is 0 Å². The minimum Gasteiger partial charge on any atom is -0.380 e. The lowest BCUT2D eigenvalue weighted by Gasteiger charge is -2.35. The van der Waals surface area contributed by atoms with Gasteiger partial charge in [-0.25, -0.2) is 0 Å². The Balaban J connectivity index is 2.23. The number of carbonyl (C=O) groups excluding carboxylic acids is 1. The number of hydrogen-bond donors (Lipinski definition) is 1. The highest BCUT2D eigenvalue weighted by atomic mass is 16.3. The summed E-state index contributed by atoms with van der Waals surface area (Å²) in [5, 5.41) is 10.5. The van der Waals surface area contributed by atoms with Crippen LogP contribution in [0.3, 0.4) is 0 Å². The standard InChI is InChI=1S/C16H19NO2/c1-3-16(19,4-2)14-10-11-15(18)17(14)12-13-8-6-5-7-9-13/h3-9,14,19H,1-2,10-12H2/t14-/m0/s1. The molecule has 1 aliphatic rings. The van der Waals surface area contributed by atoms with Crippen molar-refractivity contribution >= 4 is 5.91 Å². The molecule has 0 saturated carbocycles. The van der Waals surface area contributed by atoms with Crippen molar-refractivity contribution in [2.45, 2.75) is 31.0 Å². The van der Waals surface area contributed by atoms with Crippen molar-refractivity contribution in [3.05, 3.63) is 61.2 Å². The van der Waals surface area contributed by atoms with Gasteiger partial charge in [0.25, 0.3) is 0 Å². The van der Waals surface area contributed by atoms with Crippen LogP contribution in [0.25, 0.3) is 0 Å². The first-order chi connectivity index (χ1) is 9.10. The lowest BCUT2D eigenvalue weighted by atomic mass is 9.92. The van der Waals surface area contributed by atoms with Crippen LogP contribution < -0.4 is 0 Å². The van der Waals surface area contributed by atoms with E-state index in [1.54, 1.807) is 4.90 Å². The third kappa shape index (κ3) is 2.61. The van der Waals surface area contributed by atoms with Gasteiger partial charge < -0.3 is 10.0 Å². The molecule has 1 aromatic carbocycles. The molecule has 1 fully saturated rings. The minimum absolute atomic E-state index is 0.0657. The van der Waals surface area contributed by atoms with Crippen LogP contribution in [-0.2, 0) is 11.3 Å². The van der Waals surface area contributed by atoms with E-state index in [1.165, 1.54) is 12.2 Å². The quantitative estimate of drug-likeness (QED) is 0.822. The van der Waals surface area contributed by atoms with Crippen molar-refractivity contribution in [3.63, 3.8) is 0 Å². The molecule has 1 aliphatic heterocycles. The molecule has 2 rings (SSSR count). The first-order valence-electron chi connectivity index (χ1n) is 6.43. The Morgan fingerprint density at radius 1 is 1.32 bits per heavy atom. The number of amides is 1. The molecule has 0 radical (unpaired) electrons. The summed E-state index contributed by atoms with van der Waals surface area (Å²) in [6.45, 7) is 7.82. The Morgan fingerprint density at radius 2 is 1.95 bits per heavy atom. The van der Waals surface area contributed by atoms with Crippen LogP contribution in [-0.4, -0.2) is 27.6 Å².